The number of fused-ring (bicyclic) bond motifs is 3. The van der Waals surface area contributed by atoms with Gasteiger partial charge in [-0.05, 0) is 37.5 Å². The summed E-state index contributed by atoms with van der Waals surface area (Å²) in [6, 6.07) is -2.16. The zero-order valence-corrected chi connectivity index (χ0v) is 14.7. The molecule has 2 atom stereocenters. The molecule has 4 rings (SSSR count). The van der Waals surface area contributed by atoms with Gasteiger partial charge in [0.1, 0.15) is 6.04 Å². The second-order valence-electron chi connectivity index (χ2n) is 7.47. The highest BCUT2D eigenvalue weighted by atomic mass is 32.3. The van der Waals surface area contributed by atoms with Crippen LogP contribution in [0.15, 0.2) is 0 Å². The lowest BCUT2D eigenvalue weighted by Crippen LogP contribution is -2.56. The molecule has 2 saturated carbocycles. The Bertz CT molecular complexity index is 761. The second-order valence-corrected chi connectivity index (χ2v) is 8.47. The van der Waals surface area contributed by atoms with Gasteiger partial charge in [0, 0.05) is 12.5 Å². The minimum Gasteiger partial charge on any atom is -0.309 e. The average molecular weight is 388 g/mol. The van der Waals surface area contributed by atoms with Crippen LogP contribution in [0.2, 0.25) is 0 Å². The Hall–Kier alpha value is -1.92. The molecule has 2 saturated heterocycles. The summed E-state index contributed by atoms with van der Waals surface area (Å²) < 4.78 is 35.4. The summed E-state index contributed by atoms with van der Waals surface area (Å²) in [6.07, 6.45) is 4.37. The van der Waals surface area contributed by atoms with Crippen molar-refractivity contribution in [2.45, 2.75) is 50.6 Å². The Balaban J connectivity index is 1.46. The summed E-state index contributed by atoms with van der Waals surface area (Å²) >= 11 is 0. The van der Waals surface area contributed by atoms with Gasteiger partial charge in [-0.1, -0.05) is 6.42 Å². The molecule has 3 N–H and O–H groups in total. The molecule has 26 heavy (non-hydrogen) atoms. The Morgan fingerprint density at radius 1 is 1.19 bits per heavy atom. The van der Waals surface area contributed by atoms with E-state index in [1.165, 1.54) is 4.90 Å². The molecule has 11 nitrogen and oxygen atoms in total. The molecule has 4 amide bonds. The maximum absolute atomic E-state index is 12.5. The largest absolute Gasteiger partial charge is 0.418 e. The van der Waals surface area contributed by atoms with E-state index in [1.807, 2.05) is 0 Å². The highest BCUT2D eigenvalue weighted by Crippen LogP contribution is 2.59. The van der Waals surface area contributed by atoms with Crippen LogP contribution in [0.25, 0.3) is 0 Å². The van der Waals surface area contributed by atoms with E-state index in [0.717, 1.165) is 32.1 Å². The van der Waals surface area contributed by atoms with Crippen molar-refractivity contribution in [1.29, 1.82) is 0 Å². The molecule has 2 aliphatic carbocycles. The van der Waals surface area contributed by atoms with Crippen LogP contribution in [-0.4, -0.2) is 59.4 Å². The average Bonchev–Trinajstić information content (AvgIpc) is 3.21. The highest BCUT2D eigenvalue weighted by Gasteiger charge is 2.65. The number of amides is 4. The Kier molecular flexibility index (Phi) is 3.90. The molecule has 0 radical (unpaired) electrons. The normalized spacial score (nSPS) is 29.5. The van der Waals surface area contributed by atoms with E-state index in [9.17, 15) is 22.8 Å². The molecule has 4 fully saturated rings. The third-order valence-corrected chi connectivity index (χ3v) is 6.27. The fourth-order valence-electron chi connectivity index (χ4n) is 4.03. The highest BCUT2D eigenvalue weighted by molar-refractivity contribution is 7.80. The first-order chi connectivity index (χ1) is 12.2. The number of nitrogens with one attached hydrogen (secondary N) is 2. The summed E-state index contributed by atoms with van der Waals surface area (Å²) in [5.41, 5.74) is 4.36. The fourth-order valence-corrected chi connectivity index (χ4v) is 4.40. The third kappa shape index (κ3) is 2.91. The predicted molar refractivity (Wildman–Crippen MR) is 84.1 cm³/mol. The minimum atomic E-state index is -4.85. The summed E-state index contributed by atoms with van der Waals surface area (Å²) in [4.78, 5) is 38.1. The van der Waals surface area contributed by atoms with Gasteiger partial charge in [0.05, 0.1) is 6.04 Å². The van der Waals surface area contributed by atoms with Crippen LogP contribution < -0.4 is 10.9 Å². The predicted octanol–water partition coefficient (Wildman–Crippen LogP) is -0.673. The Morgan fingerprint density at radius 2 is 1.85 bits per heavy atom. The number of carbonyl (C=O) groups is 3. The first-order valence-corrected chi connectivity index (χ1v) is 9.93. The standard InChI is InChI=1S/C14H20N4O7S/c19-11(8-2-1-3-8)15-16-12(20)9-6-14(4-5-14)10-7-17(9)13(21)18(10)25-26(22,23)24/h8-10H,1-7H2,(H,15,19)(H,16,20)(H,22,23,24)/t9-,10-/m0/s1. The Morgan fingerprint density at radius 3 is 2.38 bits per heavy atom. The van der Waals surface area contributed by atoms with Crippen molar-refractivity contribution in [2.24, 2.45) is 11.3 Å². The lowest BCUT2D eigenvalue weighted by molar-refractivity contribution is -0.135. The number of hydrazine groups is 1. The molecular formula is C14H20N4O7S. The van der Waals surface area contributed by atoms with E-state index in [4.69, 9.17) is 4.55 Å². The zero-order valence-electron chi connectivity index (χ0n) is 13.9. The van der Waals surface area contributed by atoms with Crippen molar-refractivity contribution in [2.75, 3.05) is 6.54 Å². The molecule has 2 bridgehead atoms. The lowest BCUT2D eigenvalue weighted by Gasteiger charge is -2.35. The number of hydroxylamine groups is 2. The maximum Gasteiger partial charge on any atom is 0.418 e. The quantitative estimate of drug-likeness (QED) is 0.427. The van der Waals surface area contributed by atoms with E-state index in [0.29, 0.717) is 11.5 Å². The lowest BCUT2D eigenvalue weighted by atomic mass is 9.84. The summed E-state index contributed by atoms with van der Waals surface area (Å²) in [5.74, 6) is -0.860. The number of urea groups is 1. The molecule has 1 spiro atoms. The van der Waals surface area contributed by atoms with E-state index >= 15 is 0 Å². The molecule has 0 aromatic carbocycles. The molecule has 0 unspecified atom stereocenters. The molecule has 0 aromatic heterocycles. The van der Waals surface area contributed by atoms with Gasteiger partial charge in [-0.25, -0.2) is 4.79 Å². The topological polar surface area (TPSA) is 145 Å². The van der Waals surface area contributed by atoms with Crippen LogP contribution in [0.4, 0.5) is 4.79 Å². The van der Waals surface area contributed by atoms with Gasteiger partial charge in [-0.3, -0.25) is 25.0 Å². The maximum atomic E-state index is 12.5. The van der Waals surface area contributed by atoms with Gasteiger partial charge >= 0.3 is 16.4 Å². The number of hydrogen-bond donors (Lipinski definition) is 3. The molecule has 2 heterocycles. The Labute approximate surface area is 149 Å². The molecule has 2 aliphatic heterocycles. The zero-order chi connectivity index (χ0) is 18.7. The van der Waals surface area contributed by atoms with E-state index in [2.05, 4.69) is 15.1 Å². The van der Waals surface area contributed by atoms with Crippen molar-refractivity contribution in [3.8, 4) is 0 Å². The molecule has 12 heteroatoms. The van der Waals surface area contributed by atoms with Gasteiger partial charge in [-0.2, -0.15) is 13.5 Å². The van der Waals surface area contributed by atoms with Crippen molar-refractivity contribution in [1.82, 2.24) is 20.8 Å². The smallest absolute Gasteiger partial charge is 0.309 e. The minimum absolute atomic E-state index is 0.0899. The molecule has 0 aromatic rings. The SMILES string of the molecule is O=C(NNC(=O)[C@@H]1CC2(CC2)[C@@H]2CN1C(=O)N2OS(=O)(=O)O)C1CCC1. The number of rotatable bonds is 4. The summed E-state index contributed by atoms with van der Waals surface area (Å²) in [5, 5.41) is 0.655. The number of hydrogen-bond acceptors (Lipinski definition) is 6. The van der Waals surface area contributed by atoms with Crippen LogP contribution in [0.3, 0.4) is 0 Å². The van der Waals surface area contributed by atoms with Crippen LogP contribution in [0, 0.1) is 11.3 Å². The monoisotopic (exact) mass is 388 g/mol. The van der Waals surface area contributed by atoms with Crippen LogP contribution >= 0.6 is 0 Å². The van der Waals surface area contributed by atoms with E-state index in [-0.39, 0.29) is 18.4 Å². The molecule has 144 valence electrons. The molecular weight excluding hydrogens is 368 g/mol. The van der Waals surface area contributed by atoms with Crippen LogP contribution in [0.5, 0.6) is 0 Å². The first kappa shape index (κ1) is 17.5. The first-order valence-electron chi connectivity index (χ1n) is 8.57. The number of nitrogens with zero attached hydrogens (tertiary/aromatic N) is 2. The van der Waals surface area contributed by atoms with Gasteiger partial charge in [-0.15, -0.1) is 4.28 Å². The summed E-state index contributed by atoms with van der Waals surface area (Å²) in [7, 11) is -4.85. The van der Waals surface area contributed by atoms with Crippen LogP contribution in [-0.2, 0) is 24.3 Å². The van der Waals surface area contributed by atoms with Gasteiger partial charge in [0.25, 0.3) is 5.91 Å². The molecule has 4 aliphatic rings. The van der Waals surface area contributed by atoms with Crippen molar-refractivity contribution in [3.05, 3.63) is 0 Å². The van der Waals surface area contributed by atoms with E-state index in [1.54, 1.807) is 0 Å². The van der Waals surface area contributed by atoms with Crippen molar-refractivity contribution in [3.63, 3.8) is 0 Å². The van der Waals surface area contributed by atoms with Crippen molar-refractivity contribution < 1.29 is 31.6 Å². The number of piperidine rings is 1. The van der Waals surface area contributed by atoms with Gasteiger partial charge < -0.3 is 4.90 Å². The van der Waals surface area contributed by atoms with Gasteiger partial charge in [0.2, 0.25) is 5.91 Å². The van der Waals surface area contributed by atoms with Crippen LogP contribution in [0.1, 0.15) is 38.5 Å². The van der Waals surface area contributed by atoms with Crippen molar-refractivity contribution >= 4 is 28.2 Å². The summed E-state index contributed by atoms with van der Waals surface area (Å²) in [6.45, 7) is 0.128. The van der Waals surface area contributed by atoms with Gasteiger partial charge in [0.15, 0.2) is 0 Å². The second kappa shape index (κ2) is 5.79. The fraction of sp³-hybridized carbons (Fsp3) is 0.786. The third-order valence-electron chi connectivity index (χ3n) is 5.92. The number of carbonyl (C=O) groups excluding carboxylic acids is 3. The van der Waals surface area contributed by atoms with E-state index < -0.39 is 39.8 Å².